The van der Waals surface area contributed by atoms with Crippen molar-refractivity contribution in [3.63, 3.8) is 0 Å². The average molecular weight is 420 g/mol. The van der Waals surface area contributed by atoms with Crippen molar-refractivity contribution in [2.75, 3.05) is 0 Å². The normalized spacial score (nSPS) is 19.5. The number of aromatic nitrogens is 1. The quantitative estimate of drug-likeness (QED) is 0.438. The van der Waals surface area contributed by atoms with Gasteiger partial charge in [0.1, 0.15) is 6.10 Å². The molecule has 1 aliphatic heterocycles. The maximum atomic E-state index is 11.6. The minimum atomic E-state index is -0.652. The van der Waals surface area contributed by atoms with Crippen molar-refractivity contribution in [1.82, 2.24) is 4.98 Å². The number of cyclic esters (lactones) is 1. The van der Waals surface area contributed by atoms with Gasteiger partial charge in [0.15, 0.2) is 0 Å². The van der Waals surface area contributed by atoms with Gasteiger partial charge in [-0.3, -0.25) is 9.78 Å². The number of rotatable bonds is 5. The fourth-order valence-electron chi connectivity index (χ4n) is 3.72. The molecule has 1 N–H and O–H groups in total. The maximum Gasteiger partial charge on any atom is 0.309 e. The van der Waals surface area contributed by atoms with Crippen LogP contribution in [-0.2, 0) is 9.53 Å². The first-order chi connectivity index (χ1) is 14.5. The summed E-state index contributed by atoms with van der Waals surface area (Å²) in [5, 5.41) is 11.5. The van der Waals surface area contributed by atoms with E-state index in [0.717, 1.165) is 27.6 Å². The van der Waals surface area contributed by atoms with Gasteiger partial charge in [-0.25, -0.2) is 0 Å². The highest BCUT2D eigenvalue weighted by molar-refractivity contribution is 7.99. The molecule has 1 aromatic heterocycles. The topological polar surface area (TPSA) is 59.4 Å². The molecule has 0 bridgehead atoms. The smallest absolute Gasteiger partial charge is 0.309 e. The standard InChI is InChI=1S/C25H25NO3S/c1-16(2)30-21-11-8-17(9-12-21)25-18(15-26-23-6-4-3-5-22(23)25)7-10-20-13-19(27)14-24(28)29-20/h3-12,15-16,19-20,27H,13-14H2,1-2H3/t19-,20-/m1/s1. The molecule has 4 nitrogen and oxygen atoms in total. The zero-order valence-electron chi connectivity index (χ0n) is 17.1. The number of benzene rings is 2. The van der Waals surface area contributed by atoms with Crippen LogP contribution in [0.5, 0.6) is 0 Å². The van der Waals surface area contributed by atoms with E-state index in [1.54, 1.807) is 0 Å². The Labute approximate surface area is 181 Å². The van der Waals surface area contributed by atoms with Crippen LogP contribution in [0.2, 0.25) is 0 Å². The van der Waals surface area contributed by atoms with Gasteiger partial charge in [-0.2, -0.15) is 0 Å². The van der Waals surface area contributed by atoms with Crippen LogP contribution in [-0.4, -0.2) is 33.5 Å². The Morgan fingerprint density at radius 2 is 1.93 bits per heavy atom. The lowest BCUT2D eigenvalue weighted by molar-refractivity contribution is -0.156. The summed E-state index contributed by atoms with van der Waals surface area (Å²) in [7, 11) is 0. The highest BCUT2D eigenvalue weighted by atomic mass is 32.2. The summed E-state index contributed by atoms with van der Waals surface area (Å²) in [6.45, 7) is 4.37. The molecule has 0 saturated carbocycles. The molecule has 0 aliphatic carbocycles. The van der Waals surface area contributed by atoms with Crippen molar-refractivity contribution >= 4 is 34.7 Å². The first kappa shape index (κ1) is 20.6. The zero-order chi connectivity index (χ0) is 21.1. The summed E-state index contributed by atoms with van der Waals surface area (Å²) in [5.41, 5.74) is 4.10. The Morgan fingerprint density at radius 1 is 1.17 bits per heavy atom. The molecule has 2 heterocycles. The second kappa shape index (κ2) is 9.02. The Balaban J connectivity index is 1.73. The first-order valence-corrected chi connectivity index (χ1v) is 11.1. The van der Waals surface area contributed by atoms with Crippen LogP contribution < -0.4 is 0 Å². The first-order valence-electron chi connectivity index (χ1n) is 10.2. The van der Waals surface area contributed by atoms with E-state index in [9.17, 15) is 9.90 Å². The predicted molar refractivity (Wildman–Crippen MR) is 122 cm³/mol. The lowest BCUT2D eigenvalue weighted by Gasteiger charge is -2.23. The monoisotopic (exact) mass is 419 g/mol. The number of aliphatic hydroxyl groups excluding tert-OH is 1. The molecule has 154 valence electrons. The number of thioether (sulfide) groups is 1. The van der Waals surface area contributed by atoms with Gasteiger partial charge in [0.25, 0.3) is 0 Å². The van der Waals surface area contributed by atoms with Crippen LogP contribution in [0, 0.1) is 0 Å². The van der Waals surface area contributed by atoms with Crippen LogP contribution in [0.25, 0.3) is 28.1 Å². The molecule has 2 aromatic carbocycles. The average Bonchev–Trinajstić information content (AvgIpc) is 2.71. The molecular formula is C25H25NO3S. The second-order valence-electron chi connectivity index (χ2n) is 7.78. The lowest BCUT2D eigenvalue weighted by atomic mass is 9.95. The van der Waals surface area contributed by atoms with Gasteiger partial charge < -0.3 is 9.84 Å². The fraction of sp³-hybridized carbons (Fsp3) is 0.280. The van der Waals surface area contributed by atoms with E-state index in [4.69, 9.17) is 4.74 Å². The van der Waals surface area contributed by atoms with Gasteiger partial charge in [-0.15, -0.1) is 11.8 Å². The van der Waals surface area contributed by atoms with E-state index in [2.05, 4.69) is 49.2 Å². The van der Waals surface area contributed by atoms with Crippen LogP contribution in [0.3, 0.4) is 0 Å². The van der Waals surface area contributed by atoms with Crippen molar-refractivity contribution in [3.05, 3.63) is 66.4 Å². The van der Waals surface area contributed by atoms with E-state index < -0.39 is 12.2 Å². The molecule has 2 atom stereocenters. The van der Waals surface area contributed by atoms with E-state index in [0.29, 0.717) is 11.7 Å². The van der Waals surface area contributed by atoms with Crippen molar-refractivity contribution in [3.8, 4) is 11.1 Å². The number of fused-ring (bicyclic) bond motifs is 1. The zero-order valence-corrected chi connectivity index (χ0v) is 17.9. The third-order valence-corrected chi connectivity index (χ3v) is 6.02. The summed E-state index contributed by atoms with van der Waals surface area (Å²) < 4.78 is 5.36. The van der Waals surface area contributed by atoms with Gasteiger partial charge in [0, 0.05) is 33.7 Å². The molecule has 0 amide bonds. The van der Waals surface area contributed by atoms with Crippen molar-refractivity contribution < 1.29 is 14.6 Å². The Kier molecular flexibility index (Phi) is 6.21. The molecule has 0 radical (unpaired) electrons. The molecule has 4 rings (SSSR count). The van der Waals surface area contributed by atoms with Crippen LogP contribution >= 0.6 is 11.8 Å². The third-order valence-electron chi connectivity index (χ3n) is 5.00. The molecule has 1 saturated heterocycles. The largest absolute Gasteiger partial charge is 0.458 e. The molecule has 1 fully saturated rings. The molecule has 0 unspecified atom stereocenters. The van der Waals surface area contributed by atoms with Crippen LogP contribution in [0.15, 0.2) is 65.7 Å². The van der Waals surface area contributed by atoms with Crippen LogP contribution in [0.4, 0.5) is 0 Å². The number of hydrogen-bond acceptors (Lipinski definition) is 5. The molecule has 1 aliphatic rings. The summed E-state index contributed by atoms with van der Waals surface area (Å²) >= 11 is 1.84. The number of carbonyl (C=O) groups is 1. The second-order valence-corrected chi connectivity index (χ2v) is 9.43. The Morgan fingerprint density at radius 3 is 2.67 bits per heavy atom. The summed E-state index contributed by atoms with van der Waals surface area (Å²) in [5.74, 6) is -0.362. The van der Waals surface area contributed by atoms with Gasteiger partial charge >= 0.3 is 5.97 Å². The molecule has 5 heteroatoms. The Bertz CT molecular complexity index is 1080. The van der Waals surface area contributed by atoms with Gasteiger partial charge in [0.05, 0.1) is 18.0 Å². The van der Waals surface area contributed by atoms with Gasteiger partial charge in [-0.1, -0.05) is 50.3 Å². The maximum absolute atomic E-state index is 11.6. The minimum absolute atomic E-state index is 0.0634. The third kappa shape index (κ3) is 4.74. The number of aliphatic hydroxyl groups is 1. The van der Waals surface area contributed by atoms with E-state index >= 15 is 0 Å². The van der Waals surface area contributed by atoms with Gasteiger partial charge in [-0.05, 0) is 35.4 Å². The highest BCUT2D eigenvalue weighted by Crippen LogP contribution is 2.34. The van der Waals surface area contributed by atoms with Crippen molar-refractivity contribution in [2.45, 2.75) is 49.0 Å². The van der Waals surface area contributed by atoms with Gasteiger partial charge in [0.2, 0.25) is 0 Å². The highest BCUT2D eigenvalue weighted by Gasteiger charge is 2.25. The number of nitrogens with zero attached hydrogens (tertiary/aromatic N) is 1. The predicted octanol–water partition coefficient (Wildman–Crippen LogP) is 5.48. The van der Waals surface area contributed by atoms with Crippen LogP contribution in [0.1, 0.15) is 32.3 Å². The molecule has 0 spiro atoms. The fourth-order valence-corrected chi connectivity index (χ4v) is 4.55. The SMILES string of the molecule is CC(C)Sc1ccc(-c2c(C=C[C@@H]3C[C@@H](O)CC(=O)O3)cnc3ccccc23)cc1. The van der Waals surface area contributed by atoms with E-state index in [1.165, 1.54) is 4.90 Å². The molecular weight excluding hydrogens is 394 g/mol. The summed E-state index contributed by atoms with van der Waals surface area (Å²) in [4.78, 5) is 17.5. The summed E-state index contributed by atoms with van der Waals surface area (Å²) in [6.07, 6.45) is 5.05. The van der Waals surface area contributed by atoms with E-state index in [1.807, 2.05) is 48.3 Å². The molecule has 30 heavy (non-hydrogen) atoms. The number of esters is 1. The number of para-hydroxylation sites is 1. The minimum Gasteiger partial charge on any atom is -0.458 e. The number of ether oxygens (including phenoxy) is 1. The number of hydrogen-bond donors (Lipinski definition) is 1. The molecule has 3 aromatic rings. The van der Waals surface area contributed by atoms with Crippen molar-refractivity contribution in [2.24, 2.45) is 0 Å². The van der Waals surface area contributed by atoms with Crippen molar-refractivity contribution in [1.29, 1.82) is 0 Å². The lowest BCUT2D eigenvalue weighted by Crippen LogP contribution is -2.31. The number of carbonyl (C=O) groups excluding carboxylic acids is 1. The Hall–Kier alpha value is -2.63. The van der Waals surface area contributed by atoms with E-state index in [-0.39, 0.29) is 12.4 Å². The number of pyridine rings is 1. The summed E-state index contributed by atoms with van der Waals surface area (Å²) in [6, 6.07) is 16.7.